The van der Waals surface area contributed by atoms with Crippen molar-refractivity contribution in [1.29, 1.82) is 0 Å². The molecule has 1 rings (SSSR count). The number of rotatable bonds is 2. The van der Waals surface area contributed by atoms with Gasteiger partial charge in [-0.25, -0.2) is 9.07 Å². The fraction of sp³-hybridized carbons (Fsp3) is 0.400. The molecule has 0 N–H and O–H groups in total. The Morgan fingerprint density at radius 1 is 1.90 bits per heavy atom. The number of aromatic nitrogens is 3. The summed E-state index contributed by atoms with van der Waals surface area (Å²) < 4.78 is 12.9. The summed E-state index contributed by atoms with van der Waals surface area (Å²) in [6.45, 7) is -0.999. The molecule has 0 aromatic carbocycles. The van der Waals surface area contributed by atoms with Crippen LogP contribution in [0.25, 0.3) is 0 Å². The highest BCUT2D eigenvalue weighted by atomic mass is 19.1. The van der Waals surface area contributed by atoms with Crippen LogP contribution in [0.3, 0.4) is 0 Å². The predicted octanol–water partition coefficient (Wildman–Crippen LogP) is -0.0327. The van der Waals surface area contributed by atoms with Gasteiger partial charge in [-0.15, -0.1) is 5.10 Å². The van der Waals surface area contributed by atoms with E-state index in [1.807, 2.05) is 0 Å². The minimum atomic E-state index is -0.999. The van der Waals surface area contributed by atoms with Gasteiger partial charge < -0.3 is 0 Å². The Morgan fingerprint density at radius 3 is 3.00 bits per heavy atom. The van der Waals surface area contributed by atoms with Crippen molar-refractivity contribution < 1.29 is 9.18 Å². The molecule has 1 heterocycles. The SMILES string of the molecule is Cn1nncc1C(=O)CF. The minimum absolute atomic E-state index is 0.197. The van der Waals surface area contributed by atoms with Crippen molar-refractivity contribution in [2.75, 3.05) is 6.67 Å². The molecule has 0 aliphatic heterocycles. The van der Waals surface area contributed by atoms with Crippen LogP contribution in [0.1, 0.15) is 10.5 Å². The van der Waals surface area contributed by atoms with E-state index in [9.17, 15) is 9.18 Å². The van der Waals surface area contributed by atoms with Crippen LogP contribution in [0.15, 0.2) is 6.20 Å². The van der Waals surface area contributed by atoms with Crippen LogP contribution in [0.5, 0.6) is 0 Å². The van der Waals surface area contributed by atoms with Crippen LogP contribution in [0, 0.1) is 0 Å². The fourth-order valence-electron chi connectivity index (χ4n) is 0.611. The Labute approximate surface area is 56.6 Å². The highest BCUT2D eigenvalue weighted by Gasteiger charge is 2.08. The number of carbonyl (C=O) groups is 1. The first-order valence-corrected chi connectivity index (χ1v) is 2.69. The van der Waals surface area contributed by atoms with Crippen molar-refractivity contribution in [3.8, 4) is 0 Å². The van der Waals surface area contributed by atoms with E-state index < -0.39 is 12.5 Å². The number of ketones is 1. The molecule has 0 saturated carbocycles. The summed E-state index contributed by atoms with van der Waals surface area (Å²) in [7, 11) is 1.54. The normalized spacial score (nSPS) is 9.80. The van der Waals surface area contributed by atoms with E-state index >= 15 is 0 Å². The lowest BCUT2D eigenvalue weighted by Gasteiger charge is -1.92. The van der Waals surface area contributed by atoms with E-state index in [1.165, 1.54) is 17.9 Å². The van der Waals surface area contributed by atoms with Gasteiger partial charge in [0.15, 0.2) is 6.67 Å². The standard InChI is InChI=1S/C5H6FN3O/c1-9-4(3-7-8-9)5(10)2-6/h3H,2H2,1H3. The van der Waals surface area contributed by atoms with E-state index in [-0.39, 0.29) is 5.69 Å². The second kappa shape index (κ2) is 2.55. The molecule has 5 heteroatoms. The minimum Gasteiger partial charge on any atom is -0.289 e. The van der Waals surface area contributed by atoms with Crippen LogP contribution >= 0.6 is 0 Å². The average Bonchev–Trinajstić information content (AvgIpc) is 2.34. The molecule has 1 aromatic heterocycles. The third-order valence-corrected chi connectivity index (χ3v) is 1.12. The molecule has 54 valence electrons. The number of nitrogens with zero attached hydrogens (tertiary/aromatic N) is 3. The molecular weight excluding hydrogens is 137 g/mol. The van der Waals surface area contributed by atoms with Crippen LogP contribution in [-0.2, 0) is 7.05 Å². The zero-order valence-corrected chi connectivity index (χ0v) is 5.41. The molecule has 0 spiro atoms. The van der Waals surface area contributed by atoms with Gasteiger partial charge in [-0.05, 0) is 0 Å². The number of hydrogen-bond donors (Lipinski definition) is 0. The lowest BCUT2D eigenvalue weighted by Crippen LogP contribution is -2.07. The number of hydrogen-bond acceptors (Lipinski definition) is 3. The maximum absolute atomic E-state index is 11.7. The highest BCUT2D eigenvalue weighted by Crippen LogP contribution is 1.94. The van der Waals surface area contributed by atoms with Crippen LogP contribution in [0.2, 0.25) is 0 Å². The molecule has 0 atom stereocenters. The second-order valence-electron chi connectivity index (χ2n) is 1.80. The molecular formula is C5H6FN3O. The second-order valence-corrected chi connectivity index (χ2v) is 1.80. The predicted molar refractivity (Wildman–Crippen MR) is 31.3 cm³/mol. The van der Waals surface area contributed by atoms with E-state index in [1.54, 1.807) is 0 Å². The summed E-state index contributed by atoms with van der Waals surface area (Å²) >= 11 is 0. The molecule has 4 nitrogen and oxygen atoms in total. The average molecular weight is 143 g/mol. The molecule has 0 radical (unpaired) electrons. The van der Waals surface area contributed by atoms with Crippen molar-refractivity contribution in [2.24, 2.45) is 7.05 Å². The molecule has 0 aliphatic rings. The zero-order chi connectivity index (χ0) is 7.56. The molecule has 0 aliphatic carbocycles. The fourth-order valence-corrected chi connectivity index (χ4v) is 0.611. The highest BCUT2D eigenvalue weighted by molar-refractivity contribution is 5.94. The number of aryl methyl sites for hydroxylation is 1. The maximum atomic E-state index is 11.7. The van der Waals surface area contributed by atoms with Gasteiger partial charge in [0.2, 0.25) is 5.78 Å². The molecule has 0 unspecified atom stereocenters. The first kappa shape index (κ1) is 6.85. The van der Waals surface area contributed by atoms with Crippen LogP contribution in [-0.4, -0.2) is 27.5 Å². The maximum Gasteiger partial charge on any atom is 0.213 e. The summed E-state index contributed by atoms with van der Waals surface area (Å²) in [6.07, 6.45) is 1.24. The van der Waals surface area contributed by atoms with E-state index in [0.717, 1.165) is 0 Å². The Hall–Kier alpha value is -1.26. The molecule has 0 fully saturated rings. The molecule has 1 aromatic rings. The summed E-state index contributed by atoms with van der Waals surface area (Å²) in [6, 6.07) is 0. The molecule has 10 heavy (non-hydrogen) atoms. The zero-order valence-electron chi connectivity index (χ0n) is 5.41. The van der Waals surface area contributed by atoms with Gasteiger partial charge in [0.1, 0.15) is 5.69 Å². The van der Waals surface area contributed by atoms with Crippen LogP contribution < -0.4 is 0 Å². The Balaban J connectivity index is 2.93. The quantitative estimate of drug-likeness (QED) is 0.546. The monoisotopic (exact) mass is 143 g/mol. The first-order valence-electron chi connectivity index (χ1n) is 2.69. The number of halogens is 1. The van der Waals surface area contributed by atoms with Crippen molar-refractivity contribution in [3.05, 3.63) is 11.9 Å². The third kappa shape index (κ3) is 1.02. The van der Waals surface area contributed by atoms with Crippen LogP contribution in [0.4, 0.5) is 4.39 Å². The van der Waals surface area contributed by atoms with Gasteiger partial charge in [-0.2, -0.15) is 0 Å². The summed E-state index contributed by atoms with van der Waals surface area (Å²) in [5, 5.41) is 6.88. The lowest BCUT2D eigenvalue weighted by atomic mass is 10.3. The topological polar surface area (TPSA) is 47.8 Å². The Kier molecular flexibility index (Phi) is 1.75. The largest absolute Gasteiger partial charge is 0.289 e. The van der Waals surface area contributed by atoms with Gasteiger partial charge in [-0.3, -0.25) is 4.79 Å². The van der Waals surface area contributed by atoms with Crippen molar-refractivity contribution in [1.82, 2.24) is 15.0 Å². The molecule has 0 saturated heterocycles. The first-order chi connectivity index (χ1) is 4.75. The smallest absolute Gasteiger partial charge is 0.213 e. The number of carbonyl (C=O) groups excluding carboxylic acids is 1. The Bertz CT molecular complexity index is 245. The summed E-state index contributed by atoms with van der Waals surface area (Å²) in [5.41, 5.74) is 0.197. The van der Waals surface area contributed by atoms with Crippen molar-refractivity contribution in [2.45, 2.75) is 0 Å². The van der Waals surface area contributed by atoms with Crippen molar-refractivity contribution in [3.63, 3.8) is 0 Å². The van der Waals surface area contributed by atoms with Gasteiger partial charge >= 0.3 is 0 Å². The van der Waals surface area contributed by atoms with E-state index in [2.05, 4.69) is 10.3 Å². The van der Waals surface area contributed by atoms with Gasteiger partial charge in [0.25, 0.3) is 0 Å². The lowest BCUT2D eigenvalue weighted by molar-refractivity contribution is 0.0949. The van der Waals surface area contributed by atoms with Gasteiger partial charge in [-0.1, -0.05) is 5.21 Å². The van der Waals surface area contributed by atoms with Gasteiger partial charge in [0, 0.05) is 7.05 Å². The third-order valence-electron chi connectivity index (χ3n) is 1.12. The summed E-state index contributed by atoms with van der Waals surface area (Å²) in [5.74, 6) is -0.590. The van der Waals surface area contributed by atoms with E-state index in [4.69, 9.17) is 0 Å². The molecule has 0 bridgehead atoms. The Morgan fingerprint density at radius 2 is 2.60 bits per heavy atom. The number of Topliss-reactive ketones (excluding diaryl/α,β-unsaturated/α-hetero) is 1. The van der Waals surface area contributed by atoms with Crippen molar-refractivity contribution >= 4 is 5.78 Å². The molecule has 0 amide bonds. The van der Waals surface area contributed by atoms with E-state index in [0.29, 0.717) is 0 Å². The summed E-state index contributed by atoms with van der Waals surface area (Å²) in [4.78, 5) is 10.6. The number of alkyl halides is 1. The van der Waals surface area contributed by atoms with Gasteiger partial charge in [0.05, 0.1) is 6.20 Å².